The molecule has 0 saturated heterocycles. The molecule has 1 N–H and O–H groups in total. The number of carbonyl (C=O) groups is 2. The van der Waals surface area contributed by atoms with Gasteiger partial charge >= 0.3 is 0 Å². The largest absolute Gasteiger partial charge is 0.383 e. The molecule has 0 aliphatic rings. The summed E-state index contributed by atoms with van der Waals surface area (Å²) in [7, 11) is 3.40. The van der Waals surface area contributed by atoms with E-state index in [4.69, 9.17) is 4.74 Å². The second-order valence-electron chi connectivity index (χ2n) is 6.86. The molecule has 1 rings (SSSR count). The lowest BCUT2D eigenvalue weighted by atomic mass is 10.1. The molecule has 2 amide bonds. The zero-order valence-corrected chi connectivity index (χ0v) is 16.1. The first-order valence-electron chi connectivity index (χ1n) is 8.00. The predicted molar refractivity (Wildman–Crippen MR) is 97.0 cm³/mol. The number of rotatable bonds is 9. The summed E-state index contributed by atoms with van der Waals surface area (Å²) < 4.78 is 5.10. The number of methoxy groups -OCH3 is 1. The fourth-order valence-corrected chi connectivity index (χ4v) is 2.89. The zero-order valence-electron chi connectivity index (χ0n) is 15.3. The van der Waals surface area contributed by atoms with Gasteiger partial charge in [0.05, 0.1) is 26.2 Å². The first kappa shape index (κ1) is 20.6. The predicted octanol–water partition coefficient (Wildman–Crippen LogP) is 1.57. The van der Waals surface area contributed by atoms with Crippen LogP contribution < -0.4 is 5.32 Å². The maximum atomic E-state index is 12.6. The van der Waals surface area contributed by atoms with E-state index in [-0.39, 0.29) is 30.4 Å². The van der Waals surface area contributed by atoms with Crippen molar-refractivity contribution in [3.8, 4) is 0 Å². The van der Waals surface area contributed by atoms with Crippen molar-refractivity contribution >= 4 is 23.2 Å². The van der Waals surface area contributed by atoms with Gasteiger partial charge < -0.3 is 15.0 Å². The van der Waals surface area contributed by atoms with Crippen LogP contribution in [0.4, 0.5) is 0 Å². The Bertz CT molecular complexity index is 512. The average molecular weight is 356 g/mol. The molecule has 6 nitrogen and oxygen atoms in total. The second kappa shape index (κ2) is 9.76. The van der Waals surface area contributed by atoms with Gasteiger partial charge in [-0.3, -0.25) is 14.5 Å². The maximum absolute atomic E-state index is 12.6. The lowest BCUT2D eigenvalue weighted by Crippen LogP contribution is -2.47. The van der Waals surface area contributed by atoms with E-state index >= 15 is 0 Å². The van der Waals surface area contributed by atoms with Gasteiger partial charge in [0.2, 0.25) is 11.8 Å². The zero-order chi connectivity index (χ0) is 18.2. The van der Waals surface area contributed by atoms with Gasteiger partial charge in [-0.15, -0.1) is 11.3 Å². The van der Waals surface area contributed by atoms with Crippen LogP contribution in [-0.2, 0) is 20.9 Å². The summed E-state index contributed by atoms with van der Waals surface area (Å²) in [4.78, 5) is 29.1. The average Bonchev–Trinajstić information content (AvgIpc) is 2.93. The lowest BCUT2D eigenvalue weighted by molar-refractivity contribution is -0.134. The van der Waals surface area contributed by atoms with Crippen molar-refractivity contribution in [2.24, 2.45) is 0 Å². The Kier molecular flexibility index (Phi) is 8.38. The Morgan fingerprint density at radius 1 is 1.29 bits per heavy atom. The van der Waals surface area contributed by atoms with Gasteiger partial charge in [0, 0.05) is 24.1 Å². The van der Waals surface area contributed by atoms with Crippen LogP contribution in [0.2, 0.25) is 0 Å². The van der Waals surface area contributed by atoms with E-state index in [1.807, 2.05) is 38.3 Å². The molecule has 1 aromatic rings. The normalized spacial score (nSPS) is 11.6. The van der Waals surface area contributed by atoms with Crippen LogP contribution >= 0.6 is 11.3 Å². The smallest absolute Gasteiger partial charge is 0.237 e. The Hall–Kier alpha value is -1.44. The second-order valence-corrected chi connectivity index (χ2v) is 7.89. The van der Waals surface area contributed by atoms with Crippen LogP contribution in [0.25, 0.3) is 0 Å². The maximum Gasteiger partial charge on any atom is 0.237 e. The van der Waals surface area contributed by atoms with E-state index in [0.717, 1.165) is 4.88 Å². The first-order chi connectivity index (χ1) is 11.2. The summed E-state index contributed by atoms with van der Waals surface area (Å²) in [6.45, 7) is 7.80. The molecule has 0 fully saturated rings. The number of hydrogen-bond donors (Lipinski definition) is 1. The minimum atomic E-state index is -0.272. The number of amides is 2. The van der Waals surface area contributed by atoms with Crippen LogP contribution in [-0.4, -0.2) is 67.6 Å². The summed E-state index contributed by atoms with van der Waals surface area (Å²) in [6.07, 6.45) is 0. The van der Waals surface area contributed by atoms with E-state index in [1.165, 1.54) is 0 Å². The van der Waals surface area contributed by atoms with Gasteiger partial charge in [-0.25, -0.2) is 0 Å². The molecule has 0 saturated carbocycles. The Morgan fingerprint density at radius 2 is 2.00 bits per heavy atom. The van der Waals surface area contributed by atoms with Gasteiger partial charge in [-0.2, -0.15) is 0 Å². The number of hydrogen-bond acceptors (Lipinski definition) is 5. The molecule has 0 radical (unpaired) electrons. The van der Waals surface area contributed by atoms with Crippen molar-refractivity contribution in [3.05, 3.63) is 22.4 Å². The molecule has 1 heterocycles. The van der Waals surface area contributed by atoms with Gasteiger partial charge in [0.1, 0.15) is 0 Å². The topological polar surface area (TPSA) is 61.9 Å². The number of carbonyl (C=O) groups excluding carboxylic acids is 2. The summed E-state index contributed by atoms with van der Waals surface area (Å²) in [6, 6.07) is 3.99. The van der Waals surface area contributed by atoms with Crippen LogP contribution in [0.1, 0.15) is 25.6 Å². The molecule has 0 spiro atoms. The Morgan fingerprint density at radius 3 is 2.54 bits per heavy atom. The van der Waals surface area contributed by atoms with E-state index in [0.29, 0.717) is 19.7 Å². The molecule has 24 heavy (non-hydrogen) atoms. The highest BCUT2D eigenvalue weighted by molar-refractivity contribution is 7.09. The fourth-order valence-electron chi connectivity index (χ4n) is 2.17. The highest BCUT2D eigenvalue weighted by Gasteiger charge is 2.19. The van der Waals surface area contributed by atoms with Crippen LogP contribution in [0.3, 0.4) is 0 Å². The molecule has 0 aliphatic heterocycles. The molecular formula is C17H29N3O3S. The molecule has 0 aromatic carbocycles. The third-order valence-electron chi connectivity index (χ3n) is 3.18. The summed E-state index contributed by atoms with van der Waals surface area (Å²) in [5.41, 5.74) is -0.272. The minimum Gasteiger partial charge on any atom is -0.383 e. The van der Waals surface area contributed by atoms with Crippen molar-refractivity contribution in [2.45, 2.75) is 32.9 Å². The summed E-state index contributed by atoms with van der Waals surface area (Å²) >= 11 is 1.63. The highest BCUT2D eigenvalue weighted by atomic mass is 32.1. The monoisotopic (exact) mass is 355 g/mol. The standard InChI is InChI=1S/C17H29N3O3S/c1-17(2,3)18-15(21)12-19(4)13-16(22)20(8-9-23-5)11-14-7-6-10-24-14/h6-7,10H,8-9,11-13H2,1-5H3,(H,18,21). The Balaban J connectivity index is 2.54. The van der Waals surface area contributed by atoms with Crippen molar-refractivity contribution in [3.63, 3.8) is 0 Å². The van der Waals surface area contributed by atoms with Gasteiger partial charge in [-0.1, -0.05) is 6.07 Å². The molecule has 0 bridgehead atoms. The summed E-state index contributed by atoms with van der Waals surface area (Å²) in [5, 5.41) is 4.90. The van der Waals surface area contributed by atoms with Gasteiger partial charge in [-0.05, 0) is 39.3 Å². The third-order valence-corrected chi connectivity index (χ3v) is 4.04. The van der Waals surface area contributed by atoms with Crippen LogP contribution in [0.15, 0.2) is 17.5 Å². The fraction of sp³-hybridized carbons (Fsp3) is 0.647. The van der Waals surface area contributed by atoms with E-state index in [9.17, 15) is 9.59 Å². The van der Waals surface area contributed by atoms with E-state index in [2.05, 4.69) is 5.32 Å². The van der Waals surface area contributed by atoms with Crippen molar-refractivity contribution in [2.75, 3.05) is 40.4 Å². The van der Waals surface area contributed by atoms with Crippen LogP contribution in [0.5, 0.6) is 0 Å². The van der Waals surface area contributed by atoms with Crippen molar-refractivity contribution in [1.29, 1.82) is 0 Å². The molecule has 1 aromatic heterocycles. The lowest BCUT2D eigenvalue weighted by Gasteiger charge is -2.26. The van der Waals surface area contributed by atoms with Crippen molar-refractivity contribution in [1.82, 2.24) is 15.1 Å². The SMILES string of the molecule is COCCN(Cc1cccs1)C(=O)CN(C)CC(=O)NC(C)(C)C. The molecule has 0 atom stereocenters. The van der Waals surface area contributed by atoms with E-state index < -0.39 is 0 Å². The molecule has 7 heteroatoms. The molecule has 136 valence electrons. The number of thiophene rings is 1. The molecular weight excluding hydrogens is 326 g/mol. The molecule has 0 aliphatic carbocycles. The first-order valence-corrected chi connectivity index (χ1v) is 8.88. The minimum absolute atomic E-state index is 0.00786. The molecule has 0 unspecified atom stereocenters. The van der Waals surface area contributed by atoms with Gasteiger partial charge in [0.25, 0.3) is 0 Å². The third kappa shape index (κ3) is 8.42. The van der Waals surface area contributed by atoms with Crippen LogP contribution in [0, 0.1) is 0 Å². The number of ether oxygens (including phenoxy) is 1. The quantitative estimate of drug-likeness (QED) is 0.730. The Labute approximate surface area is 148 Å². The number of nitrogens with zero attached hydrogens (tertiary/aromatic N) is 2. The number of likely N-dealkylation sites (N-methyl/N-ethyl adjacent to an activating group) is 1. The van der Waals surface area contributed by atoms with Gasteiger partial charge in [0.15, 0.2) is 0 Å². The highest BCUT2D eigenvalue weighted by Crippen LogP contribution is 2.12. The van der Waals surface area contributed by atoms with E-state index in [1.54, 1.807) is 35.3 Å². The van der Waals surface area contributed by atoms with Crippen molar-refractivity contribution < 1.29 is 14.3 Å². The summed E-state index contributed by atoms with van der Waals surface area (Å²) in [5.74, 6) is -0.0917. The number of nitrogens with one attached hydrogen (secondary N) is 1.